The number of nitrogens with zero attached hydrogens (tertiary/aromatic N) is 1. The third-order valence-corrected chi connectivity index (χ3v) is 3.94. The van der Waals surface area contributed by atoms with Crippen LogP contribution in [0.1, 0.15) is 20.3 Å². The van der Waals surface area contributed by atoms with Crippen LogP contribution in [0.3, 0.4) is 0 Å². The highest BCUT2D eigenvalue weighted by molar-refractivity contribution is 6.10. The van der Waals surface area contributed by atoms with Crippen LogP contribution in [0, 0.1) is 0 Å². The minimum atomic E-state index is -0.593. The van der Waals surface area contributed by atoms with Gasteiger partial charge in [0.1, 0.15) is 0 Å². The first kappa shape index (κ1) is 17.7. The van der Waals surface area contributed by atoms with E-state index in [2.05, 4.69) is 47.9 Å². The van der Waals surface area contributed by atoms with Gasteiger partial charge in [-0.15, -0.1) is 6.58 Å². The van der Waals surface area contributed by atoms with Crippen molar-refractivity contribution in [3.8, 4) is 0 Å². The number of carbonyl (C=O) groups is 1. The number of anilines is 1. The highest BCUT2D eigenvalue weighted by atomic mass is 16.5. The number of benzene rings is 1. The average molecular weight is 349 g/mol. The number of aromatic amines is 1. The molecule has 3 rings (SSSR count). The van der Waals surface area contributed by atoms with E-state index >= 15 is 0 Å². The zero-order valence-electron chi connectivity index (χ0n) is 15.1. The minimum Gasteiger partial charge on any atom is -0.448 e. The normalized spacial score (nSPS) is 11.9. The van der Waals surface area contributed by atoms with Gasteiger partial charge in [-0.05, 0) is 38.5 Å². The molecule has 0 aliphatic heterocycles. The molecule has 1 aromatic heterocycles. The van der Waals surface area contributed by atoms with Gasteiger partial charge in [0.25, 0.3) is 0 Å². The summed E-state index contributed by atoms with van der Waals surface area (Å²) >= 11 is 0. The zero-order chi connectivity index (χ0) is 18.5. The van der Waals surface area contributed by atoms with Crippen molar-refractivity contribution in [2.24, 2.45) is 4.99 Å². The third kappa shape index (κ3) is 3.94. The van der Waals surface area contributed by atoms with Gasteiger partial charge in [-0.3, -0.25) is 0 Å². The van der Waals surface area contributed by atoms with Crippen LogP contribution in [-0.4, -0.2) is 23.7 Å². The Morgan fingerprint density at radius 2 is 2.04 bits per heavy atom. The molecule has 2 aromatic carbocycles. The maximum atomic E-state index is 11.8. The van der Waals surface area contributed by atoms with Crippen LogP contribution in [0.15, 0.2) is 60.1 Å². The molecule has 2 N–H and O–H groups in total. The lowest BCUT2D eigenvalue weighted by Crippen LogP contribution is -2.09. The summed E-state index contributed by atoms with van der Waals surface area (Å²) in [5.41, 5.74) is 3.02. The second-order valence-corrected chi connectivity index (χ2v) is 6.38. The monoisotopic (exact) mass is 349 g/mol. The maximum absolute atomic E-state index is 11.8. The van der Waals surface area contributed by atoms with E-state index in [1.165, 1.54) is 0 Å². The Hall–Kier alpha value is -3.08. The summed E-state index contributed by atoms with van der Waals surface area (Å²) < 4.78 is 5.05. The van der Waals surface area contributed by atoms with Crippen LogP contribution < -0.4 is 10.7 Å². The fourth-order valence-electron chi connectivity index (χ4n) is 2.86. The lowest BCUT2D eigenvalue weighted by Gasteiger charge is -2.10. The van der Waals surface area contributed by atoms with E-state index < -0.39 is 6.09 Å². The molecule has 1 amide bonds. The zero-order valence-corrected chi connectivity index (χ0v) is 15.1. The molecule has 1 heterocycles. The summed E-state index contributed by atoms with van der Waals surface area (Å²) in [5.74, 6) is 0. The van der Waals surface area contributed by atoms with E-state index in [1.807, 2.05) is 24.3 Å². The second kappa shape index (κ2) is 7.87. The van der Waals surface area contributed by atoms with Gasteiger partial charge in [0.2, 0.25) is 0 Å². The van der Waals surface area contributed by atoms with E-state index in [4.69, 9.17) is 4.74 Å². The molecule has 0 saturated heterocycles. The number of hydrogen-bond acceptors (Lipinski definition) is 3. The Bertz CT molecular complexity index is 1020. The van der Waals surface area contributed by atoms with Crippen LogP contribution in [-0.2, 0) is 4.74 Å². The molecule has 5 heteroatoms. The number of ether oxygens (including phenoxy) is 1. The Labute approximate surface area is 152 Å². The van der Waals surface area contributed by atoms with Gasteiger partial charge in [0, 0.05) is 22.3 Å². The predicted octanol–water partition coefficient (Wildman–Crippen LogP) is 4.75. The number of para-hydroxylation sites is 1. The molecule has 0 aliphatic carbocycles. The number of amides is 1. The average Bonchev–Trinajstić information content (AvgIpc) is 2.81. The number of carbonyl (C=O) groups excluding carboxylic acids is 1. The number of rotatable bonds is 5. The molecule has 3 aromatic rings. The van der Waals surface area contributed by atoms with Crippen molar-refractivity contribution >= 4 is 33.6 Å². The number of fused-ring (bicyclic) bond motifs is 3. The van der Waals surface area contributed by atoms with Crippen molar-refractivity contribution in [1.29, 1.82) is 0 Å². The second-order valence-electron chi connectivity index (χ2n) is 6.38. The fourth-order valence-corrected chi connectivity index (χ4v) is 2.86. The quantitative estimate of drug-likeness (QED) is 0.516. The van der Waals surface area contributed by atoms with Crippen LogP contribution in [0.4, 0.5) is 10.5 Å². The molecule has 0 radical (unpaired) electrons. The van der Waals surface area contributed by atoms with Crippen molar-refractivity contribution in [3.05, 3.63) is 60.5 Å². The van der Waals surface area contributed by atoms with Crippen LogP contribution in [0.5, 0.6) is 0 Å². The number of nitrogens with one attached hydrogen (secondary N) is 2. The first-order valence-corrected chi connectivity index (χ1v) is 8.72. The SMILES string of the molecule is C=CCCOC(=O)N=c1cccc2c(c1)[nH]c1c(NC(C)C)cccc12. The Kier molecular flexibility index (Phi) is 5.37. The van der Waals surface area contributed by atoms with E-state index in [1.54, 1.807) is 12.1 Å². The molecule has 5 nitrogen and oxygen atoms in total. The first-order valence-electron chi connectivity index (χ1n) is 8.72. The summed E-state index contributed by atoms with van der Waals surface area (Å²) in [6.07, 6.45) is 1.72. The summed E-state index contributed by atoms with van der Waals surface area (Å²) in [7, 11) is 0. The summed E-state index contributed by atoms with van der Waals surface area (Å²) in [4.78, 5) is 19.3. The van der Waals surface area contributed by atoms with Gasteiger partial charge >= 0.3 is 6.09 Å². The molecule has 26 heavy (non-hydrogen) atoms. The van der Waals surface area contributed by atoms with Gasteiger partial charge < -0.3 is 15.0 Å². The standard InChI is InChI=1S/C21H23N3O2/c1-4-5-12-26-21(25)23-15-8-6-9-16-17-10-7-11-18(22-14(2)3)20(17)24-19(16)13-15/h4,6-11,13-14,22,24H,1,5,12H2,2-3H3. The van der Waals surface area contributed by atoms with Crippen molar-refractivity contribution in [1.82, 2.24) is 4.98 Å². The van der Waals surface area contributed by atoms with Crippen LogP contribution >= 0.6 is 0 Å². The van der Waals surface area contributed by atoms with Gasteiger partial charge in [0.15, 0.2) is 0 Å². The van der Waals surface area contributed by atoms with Crippen molar-refractivity contribution < 1.29 is 9.53 Å². The molecule has 134 valence electrons. The number of hydrogen-bond donors (Lipinski definition) is 2. The Balaban J connectivity index is 2.06. The maximum Gasteiger partial charge on any atom is 0.434 e. The summed E-state index contributed by atoms with van der Waals surface area (Å²) in [6, 6.07) is 14.1. The van der Waals surface area contributed by atoms with Gasteiger partial charge in [-0.1, -0.05) is 30.3 Å². The molecule has 0 spiro atoms. The predicted molar refractivity (Wildman–Crippen MR) is 106 cm³/mol. The van der Waals surface area contributed by atoms with Gasteiger partial charge in [-0.25, -0.2) is 4.79 Å². The van der Waals surface area contributed by atoms with Crippen LogP contribution in [0.25, 0.3) is 21.8 Å². The minimum absolute atomic E-state index is 0.289. The largest absolute Gasteiger partial charge is 0.448 e. The number of aromatic nitrogens is 1. The highest BCUT2D eigenvalue weighted by Gasteiger charge is 2.08. The smallest absolute Gasteiger partial charge is 0.434 e. The molecule has 0 aliphatic rings. The van der Waals surface area contributed by atoms with Crippen molar-refractivity contribution in [2.75, 3.05) is 11.9 Å². The Morgan fingerprint density at radius 1 is 1.27 bits per heavy atom. The van der Waals surface area contributed by atoms with Crippen molar-refractivity contribution in [3.63, 3.8) is 0 Å². The van der Waals surface area contributed by atoms with E-state index in [-0.39, 0.29) is 6.61 Å². The summed E-state index contributed by atoms with van der Waals surface area (Å²) in [6.45, 7) is 8.10. The fraction of sp³-hybridized carbons (Fsp3) is 0.238. The highest BCUT2D eigenvalue weighted by Crippen LogP contribution is 2.29. The van der Waals surface area contributed by atoms with E-state index in [0.717, 1.165) is 27.5 Å². The summed E-state index contributed by atoms with van der Waals surface area (Å²) in [5, 5.41) is 6.21. The third-order valence-electron chi connectivity index (χ3n) is 3.94. The molecular weight excluding hydrogens is 326 g/mol. The van der Waals surface area contributed by atoms with Gasteiger partial charge in [0.05, 0.1) is 23.2 Å². The number of H-pyrrole nitrogens is 1. The molecule has 0 saturated carbocycles. The Morgan fingerprint density at radius 3 is 2.81 bits per heavy atom. The van der Waals surface area contributed by atoms with E-state index in [9.17, 15) is 4.79 Å². The first-order chi connectivity index (χ1) is 12.6. The van der Waals surface area contributed by atoms with E-state index in [0.29, 0.717) is 17.8 Å². The topological polar surface area (TPSA) is 66.5 Å². The lowest BCUT2D eigenvalue weighted by atomic mass is 10.1. The molecule has 0 bridgehead atoms. The van der Waals surface area contributed by atoms with Crippen LogP contribution in [0.2, 0.25) is 0 Å². The van der Waals surface area contributed by atoms with Crippen molar-refractivity contribution in [2.45, 2.75) is 26.3 Å². The van der Waals surface area contributed by atoms with Gasteiger partial charge in [-0.2, -0.15) is 4.99 Å². The molecule has 0 fully saturated rings. The molecule has 0 atom stereocenters. The molecular formula is C21H23N3O2. The lowest BCUT2D eigenvalue weighted by molar-refractivity contribution is 0.158. The molecule has 0 unspecified atom stereocenters.